The van der Waals surface area contributed by atoms with E-state index in [4.69, 9.17) is 4.98 Å². The van der Waals surface area contributed by atoms with Gasteiger partial charge in [-0.1, -0.05) is 26.0 Å². The number of para-hydroxylation sites is 2. The maximum Gasteiger partial charge on any atom is 0.150 e. The van der Waals surface area contributed by atoms with Crippen molar-refractivity contribution in [1.82, 2.24) is 29.6 Å². The van der Waals surface area contributed by atoms with Gasteiger partial charge in [-0.3, -0.25) is 10.00 Å². The van der Waals surface area contributed by atoms with Gasteiger partial charge in [-0.15, -0.1) is 0 Å². The summed E-state index contributed by atoms with van der Waals surface area (Å²) in [5, 5.41) is 7.30. The fraction of sp³-hybridized carbons (Fsp3) is 0.526. The van der Waals surface area contributed by atoms with Crippen molar-refractivity contribution < 1.29 is 0 Å². The Kier molecular flexibility index (Phi) is 4.53. The smallest absolute Gasteiger partial charge is 0.150 e. The van der Waals surface area contributed by atoms with Crippen molar-refractivity contribution in [3.8, 4) is 0 Å². The standard InChI is InChI=1S/C19H26N6/c1-3-17-21-18(23-22-17)13-24-11-9-14(10-12-24)25-16-8-6-5-7-15(16)20-19(25)4-2/h5-8,14H,3-4,9-13H2,1-2H3,(H,21,22,23). The minimum Gasteiger partial charge on any atom is -0.325 e. The van der Waals surface area contributed by atoms with Crippen LogP contribution < -0.4 is 0 Å². The zero-order valence-corrected chi connectivity index (χ0v) is 15.1. The normalized spacial score (nSPS) is 16.7. The van der Waals surface area contributed by atoms with Crippen LogP contribution in [0, 0.1) is 0 Å². The molecule has 6 nitrogen and oxygen atoms in total. The number of imidazole rings is 1. The van der Waals surface area contributed by atoms with Crippen LogP contribution in [-0.4, -0.2) is 42.7 Å². The van der Waals surface area contributed by atoms with Crippen molar-refractivity contribution in [1.29, 1.82) is 0 Å². The van der Waals surface area contributed by atoms with Crippen LogP contribution in [0.3, 0.4) is 0 Å². The van der Waals surface area contributed by atoms with Crippen molar-refractivity contribution >= 4 is 11.0 Å². The molecule has 0 spiro atoms. The van der Waals surface area contributed by atoms with Gasteiger partial charge in [0.2, 0.25) is 0 Å². The Balaban J connectivity index is 1.47. The second-order valence-electron chi connectivity index (χ2n) is 6.80. The van der Waals surface area contributed by atoms with E-state index < -0.39 is 0 Å². The van der Waals surface area contributed by atoms with Crippen LogP contribution in [0.5, 0.6) is 0 Å². The van der Waals surface area contributed by atoms with Gasteiger partial charge in [-0.2, -0.15) is 5.10 Å². The molecule has 0 radical (unpaired) electrons. The van der Waals surface area contributed by atoms with E-state index in [0.29, 0.717) is 6.04 Å². The molecule has 0 unspecified atom stereocenters. The highest BCUT2D eigenvalue weighted by molar-refractivity contribution is 5.76. The monoisotopic (exact) mass is 338 g/mol. The number of nitrogens with zero attached hydrogens (tertiary/aromatic N) is 5. The summed E-state index contributed by atoms with van der Waals surface area (Å²) in [6, 6.07) is 9.05. The summed E-state index contributed by atoms with van der Waals surface area (Å²) < 4.78 is 2.48. The average Bonchev–Trinajstić information content (AvgIpc) is 3.26. The summed E-state index contributed by atoms with van der Waals surface area (Å²) in [6.07, 6.45) is 4.17. The third kappa shape index (κ3) is 3.18. The minimum atomic E-state index is 0.541. The van der Waals surface area contributed by atoms with E-state index in [9.17, 15) is 0 Å². The third-order valence-corrected chi connectivity index (χ3v) is 5.17. The summed E-state index contributed by atoms with van der Waals surface area (Å²) in [4.78, 5) is 11.8. The first kappa shape index (κ1) is 16.3. The van der Waals surface area contributed by atoms with Gasteiger partial charge in [0.05, 0.1) is 17.6 Å². The first-order chi connectivity index (χ1) is 12.3. The van der Waals surface area contributed by atoms with E-state index in [1.54, 1.807) is 0 Å². The van der Waals surface area contributed by atoms with E-state index in [-0.39, 0.29) is 0 Å². The Bertz CT molecular complexity index is 841. The molecule has 25 heavy (non-hydrogen) atoms. The van der Waals surface area contributed by atoms with E-state index in [0.717, 1.165) is 62.5 Å². The molecule has 2 aromatic heterocycles. The zero-order chi connectivity index (χ0) is 17.2. The molecule has 1 N–H and O–H groups in total. The first-order valence-electron chi connectivity index (χ1n) is 9.36. The minimum absolute atomic E-state index is 0.541. The van der Waals surface area contributed by atoms with Crippen LogP contribution in [0.4, 0.5) is 0 Å². The van der Waals surface area contributed by atoms with Gasteiger partial charge in [0.1, 0.15) is 17.5 Å². The molecule has 1 aromatic carbocycles. The number of aryl methyl sites for hydroxylation is 2. The van der Waals surface area contributed by atoms with Gasteiger partial charge in [-0.25, -0.2) is 9.97 Å². The summed E-state index contributed by atoms with van der Waals surface area (Å²) in [5.41, 5.74) is 2.40. The van der Waals surface area contributed by atoms with Crippen molar-refractivity contribution in [2.75, 3.05) is 13.1 Å². The number of aromatic amines is 1. The van der Waals surface area contributed by atoms with Crippen LogP contribution in [0.25, 0.3) is 11.0 Å². The van der Waals surface area contributed by atoms with Crippen LogP contribution in [0.15, 0.2) is 24.3 Å². The lowest BCUT2D eigenvalue weighted by Crippen LogP contribution is -2.34. The third-order valence-electron chi connectivity index (χ3n) is 5.17. The average molecular weight is 338 g/mol. The number of hydrogen-bond donors (Lipinski definition) is 1. The number of fused-ring (bicyclic) bond motifs is 1. The Morgan fingerprint density at radius 1 is 1.08 bits per heavy atom. The molecule has 0 atom stereocenters. The largest absolute Gasteiger partial charge is 0.325 e. The lowest BCUT2D eigenvalue weighted by molar-refractivity contribution is 0.176. The van der Waals surface area contributed by atoms with Crippen LogP contribution in [0.1, 0.15) is 50.2 Å². The van der Waals surface area contributed by atoms with Gasteiger partial charge in [0.15, 0.2) is 0 Å². The summed E-state index contributed by atoms with van der Waals surface area (Å²) in [7, 11) is 0. The van der Waals surface area contributed by atoms with E-state index in [1.807, 2.05) is 0 Å². The van der Waals surface area contributed by atoms with E-state index in [2.05, 4.69) is 62.8 Å². The molecule has 132 valence electrons. The van der Waals surface area contributed by atoms with Gasteiger partial charge >= 0.3 is 0 Å². The molecule has 4 rings (SSSR count). The second kappa shape index (κ2) is 6.96. The van der Waals surface area contributed by atoms with Gasteiger partial charge in [0, 0.05) is 32.0 Å². The maximum atomic E-state index is 4.83. The Morgan fingerprint density at radius 3 is 2.60 bits per heavy atom. The summed E-state index contributed by atoms with van der Waals surface area (Å²) in [5.74, 6) is 3.10. The Morgan fingerprint density at radius 2 is 1.88 bits per heavy atom. The topological polar surface area (TPSA) is 62.6 Å². The fourth-order valence-electron chi connectivity index (χ4n) is 3.86. The van der Waals surface area contributed by atoms with Gasteiger partial charge < -0.3 is 4.57 Å². The fourth-order valence-corrected chi connectivity index (χ4v) is 3.86. The molecule has 1 aliphatic rings. The van der Waals surface area contributed by atoms with Crippen molar-refractivity contribution in [2.45, 2.75) is 52.1 Å². The molecule has 1 aliphatic heterocycles. The number of nitrogens with one attached hydrogen (secondary N) is 1. The Labute approximate surface area is 148 Å². The molecular formula is C19H26N6. The number of likely N-dealkylation sites (tertiary alicyclic amines) is 1. The molecule has 1 saturated heterocycles. The number of rotatable bonds is 5. The van der Waals surface area contributed by atoms with Crippen LogP contribution in [-0.2, 0) is 19.4 Å². The molecule has 0 amide bonds. The van der Waals surface area contributed by atoms with Gasteiger partial charge in [-0.05, 0) is 25.0 Å². The highest BCUT2D eigenvalue weighted by Gasteiger charge is 2.24. The van der Waals surface area contributed by atoms with Crippen LogP contribution in [0.2, 0.25) is 0 Å². The van der Waals surface area contributed by atoms with Crippen molar-refractivity contribution in [2.24, 2.45) is 0 Å². The van der Waals surface area contributed by atoms with E-state index in [1.165, 1.54) is 11.3 Å². The van der Waals surface area contributed by atoms with Crippen molar-refractivity contribution in [3.63, 3.8) is 0 Å². The molecule has 1 fully saturated rings. The predicted octanol–water partition coefficient (Wildman–Crippen LogP) is 3.12. The maximum absolute atomic E-state index is 4.83. The SMILES string of the molecule is CCc1n[nH]c(CN2CCC(n3c(CC)nc4ccccc43)CC2)n1. The lowest BCUT2D eigenvalue weighted by Gasteiger charge is -2.33. The number of piperidine rings is 1. The Hall–Kier alpha value is -2.21. The number of aromatic nitrogens is 5. The molecule has 3 heterocycles. The predicted molar refractivity (Wildman–Crippen MR) is 98.4 cm³/mol. The molecule has 0 aliphatic carbocycles. The highest BCUT2D eigenvalue weighted by atomic mass is 15.3. The summed E-state index contributed by atoms with van der Waals surface area (Å²) in [6.45, 7) is 7.32. The molecule has 6 heteroatoms. The molecule has 3 aromatic rings. The number of H-pyrrole nitrogens is 1. The second-order valence-corrected chi connectivity index (χ2v) is 6.80. The number of hydrogen-bond acceptors (Lipinski definition) is 4. The molecule has 0 bridgehead atoms. The van der Waals surface area contributed by atoms with E-state index >= 15 is 0 Å². The first-order valence-corrected chi connectivity index (χ1v) is 9.36. The zero-order valence-electron chi connectivity index (χ0n) is 15.1. The number of benzene rings is 1. The molecule has 0 saturated carbocycles. The molecular weight excluding hydrogens is 312 g/mol. The quantitative estimate of drug-likeness (QED) is 0.776. The van der Waals surface area contributed by atoms with Crippen molar-refractivity contribution in [3.05, 3.63) is 41.7 Å². The van der Waals surface area contributed by atoms with Crippen LogP contribution >= 0.6 is 0 Å². The van der Waals surface area contributed by atoms with Gasteiger partial charge in [0.25, 0.3) is 0 Å². The summed E-state index contributed by atoms with van der Waals surface area (Å²) >= 11 is 0. The highest BCUT2D eigenvalue weighted by Crippen LogP contribution is 2.29. The lowest BCUT2D eigenvalue weighted by atomic mass is 10.0.